The molecule has 5 nitrogen and oxygen atoms in total. The molecule has 0 spiro atoms. The van der Waals surface area contributed by atoms with Crippen molar-refractivity contribution in [2.24, 2.45) is 5.92 Å². The van der Waals surface area contributed by atoms with Crippen LogP contribution in [-0.4, -0.2) is 60.9 Å². The number of hydrogen-bond acceptors (Lipinski definition) is 3. The van der Waals surface area contributed by atoms with Gasteiger partial charge in [0, 0.05) is 32.7 Å². The second kappa shape index (κ2) is 7.48. The number of nitrogens with zero attached hydrogens (tertiary/aromatic N) is 2. The monoisotopic (exact) mass is 269 g/mol. The van der Waals surface area contributed by atoms with Gasteiger partial charge in [0.25, 0.3) is 0 Å². The van der Waals surface area contributed by atoms with E-state index >= 15 is 0 Å². The highest BCUT2D eigenvalue weighted by Crippen LogP contribution is 2.16. The first-order chi connectivity index (χ1) is 8.99. The number of nitrogens with one attached hydrogen (secondary N) is 1. The summed E-state index contributed by atoms with van der Waals surface area (Å²) in [6.45, 7) is 8.34. The number of amides is 2. The summed E-state index contributed by atoms with van der Waals surface area (Å²) in [6, 6.07) is 0.492. The zero-order valence-electron chi connectivity index (χ0n) is 12.6. The van der Waals surface area contributed by atoms with Crippen LogP contribution in [0.4, 0.5) is 0 Å². The van der Waals surface area contributed by atoms with Crippen LogP contribution in [0, 0.1) is 5.92 Å². The molecule has 1 aliphatic heterocycles. The van der Waals surface area contributed by atoms with Gasteiger partial charge in [-0.3, -0.25) is 9.59 Å². The first-order valence-electron chi connectivity index (χ1n) is 7.25. The third-order valence-electron chi connectivity index (χ3n) is 3.87. The minimum absolute atomic E-state index is 0.0192. The molecule has 0 aliphatic carbocycles. The van der Waals surface area contributed by atoms with Crippen molar-refractivity contribution in [2.75, 3.05) is 33.2 Å². The molecule has 0 aromatic heterocycles. The third kappa shape index (κ3) is 4.49. The molecule has 1 saturated heterocycles. The molecule has 1 fully saturated rings. The van der Waals surface area contributed by atoms with Gasteiger partial charge < -0.3 is 15.1 Å². The van der Waals surface area contributed by atoms with Crippen LogP contribution < -0.4 is 5.32 Å². The number of piperidine rings is 1. The molecule has 0 aromatic rings. The molecule has 1 aliphatic rings. The Morgan fingerprint density at radius 3 is 2.32 bits per heavy atom. The Hall–Kier alpha value is -1.10. The van der Waals surface area contributed by atoms with Gasteiger partial charge in [-0.05, 0) is 33.6 Å². The number of hydrogen-bond donors (Lipinski definition) is 1. The summed E-state index contributed by atoms with van der Waals surface area (Å²) in [6.07, 6.45) is 1.94. The molecule has 0 radical (unpaired) electrons. The summed E-state index contributed by atoms with van der Waals surface area (Å²) in [4.78, 5) is 27.6. The maximum Gasteiger partial charge on any atom is 0.242 e. The summed E-state index contributed by atoms with van der Waals surface area (Å²) in [5.41, 5.74) is 0. The number of rotatable bonds is 5. The van der Waals surface area contributed by atoms with E-state index in [2.05, 4.69) is 12.2 Å². The quantitative estimate of drug-likeness (QED) is 0.799. The van der Waals surface area contributed by atoms with Gasteiger partial charge in [0.2, 0.25) is 11.8 Å². The van der Waals surface area contributed by atoms with Crippen molar-refractivity contribution in [3.8, 4) is 0 Å². The van der Waals surface area contributed by atoms with Crippen molar-refractivity contribution >= 4 is 11.8 Å². The highest BCUT2D eigenvalue weighted by Gasteiger charge is 2.27. The summed E-state index contributed by atoms with van der Waals surface area (Å²) in [7, 11) is 1.72. The first-order valence-corrected chi connectivity index (χ1v) is 7.25. The van der Waals surface area contributed by atoms with Crippen LogP contribution in [0.25, 0.3) is 0 Å². The fourth-order valence-corrected chi connectivity index (χ4v) is 2.48. The lowest BCUT2D eigenvalue weighted by atomic mass is 9.94. The molecule has 2 atom stereocenters. The molecular weight excluding hydrogens is 242 g/mol. The Balaban J connectivity index is 2.46. The zero-order chi connectivity index (χ0) is 14.4. The van der Waals surface area contributed by atoms with Crippen LogP contribution in [0.5, 0.6) is 0 Å². The smallest absolute Gasteiger partial charge is 0.242 e. The standard InChI is InChI=1S/C14H27N3O2/c1-5-17(6-2)13(18)10-16(4)14(19)12-8-7-11(3)15-9-12/h11-12,15H,5-10H2,1-4H3. The van der Waals surface area contributed by atoms with Gasteiger partial charge in [-0.2, -0.15) is 0 Å². The summed E-state index contributed by atoms with van der Waals surface area (Å²) in [5.74, 6) is 0.128. The molecule has 5 heteroatoms. The lowest BCUT2D eigenvalue weighted by molar-refractivity contribution is -0.142. The van der Waals surface area contributed by atoms with E-state index in [-0.39, 0.29) is 24.3 Å². The number of carbonyl (C=O) groups excluding carboxylic acids is 2. The van der Waals surface area contributed by atoms with E-state index in [0.29, 0.717) is 19.1 Å². The van der Waals surface area contributed by atoms with Crippen LogP contribution in [0.2, 0.25) is 0 Å². The zero-order valence-corrected chi connectivity index (χ0v) is 12.6. The molecule has 1 N–H and O–H groups in total. The Morgan fingerprint density at radius 1 is 1.21 bits per heavy atom. The molecule has 2 unspecified atom stereocenters. The molecule has 0 bridgehead atoms. The van der Waals surface area contributed by atoms with Gasteiger partial charge >= 0.3 is 0 Å². The van der Waals surface area contributed by atoms with Gasteiger partial charge in [-0.1, -0.05) is 0 Å². The molecule has 2 amide bonds. The summed E-state index contributed by atoms with van der Waals surface area (Å²) in [5, 5.41) is 3.32. The number of carbonyl (C=O) groups is 2. The van der Waals surface area contributed by atoms with Crippen LogP contribution in [-0.2, 0) is 9.59 Å². The molecule has 110 valence electrons. The first kappa shape index (κ1) is 16.0. The average Bonchev–Trinajstić information content (AvgIpc) is 2.40. The maximum atomic E-state index is 12.3. The van der Waals surface area contributed by atoms with E-state index < -0.39 is 0 Å². The van der Waals surface area contributed by atoms with Crippen LogP contribution in [0.1, 0.15) is 33.6 Å². The summed E-state index contributed by atoms with van der Waals surface area (Å²) < 4.78 is 0. The second-order valence-electron chi connectivity index (χ2n) is 5.34. The van der Waals surface area contributed by atoms with E-state index in [1.165, 1.54) is 0 Å². The van der Waals surface area contributed by atoms with Crippen LogP contribution >= 0.6 is 0 Å². The van der Waals surface area contributed by atoms with Crippen molar-refractivity contribution in [2.45, 2.75) is 39.7 Å². The Kier molecular flexibility index (Phi) is 6.28. The summed E-state index contributed by atoms with van der Waals surface area (Å²) >= 11 is 0. The normalized spacial score (nSPS) is 22.9. The van der Waals surface area contributed by atoms with E-state index in [0.717, 1.165) is 19.4 Å². The van der Waals surface area contributed by atoms with Crippen LogP contribution in [0.3, 0.4) is 0 Å². The van der Waals surface area contributed by atoms with Crippen molar-refractivity contribution in [3.63, 3.8) is 0 Å². The van der Waals surface area contributed by atoms with Crippen LogP contribution in [0.15, 0.2) is 0 Å². The molecule has 1 heterocycles. The highest BCUT2D eigenvalue weighted by atomic mass is 16.2. The van der Waals surface area contributed by atoms with E-state index in [1.807, 2.05) is 13.8 Å². The van der Waals surface area contributed by atoms with E-state index in [4.69, 9.17) is 0 Å². The predicted octanol–water partition coefficient (Wildman–Crippen LogP) is 0.701. The maximum absolute atomic E-state index is 12.3. The van der Waals surface area contributed by atoms with Gasteiger partial charge in [0.05, 0.1) is 12.5 Å². The van der Waals surface area contributed by atoms with Gasteiger partial charge in [-0.25, -0.2) is 0 Å². The Morgan fingerprint density at radius 2 is 1.84 bits per heavy atom. The predicted molar refractivity (Wildman–Crippen MR) is 75.8 cm³/mol. The SMILES string of the molecule is CCN(CC)C(=O)CN(C)C(=O)C1CCC(C)NC1. The van der Waals surface area contributed by atoms with Crippen molar-refractivity contribution in [3.05, 3.63) is 0 Å². The fraction of sp³-hybridized carbons (Fsp3) is 0.857. The lowest BCUT2D eigenvalue weighted by Crippen LogP contribution is -2.47. The van der Waals surface area contributed by atoms with E-state index in [9.17, 15) is 9.59 Å². The van der Waals surface area contributed by atoms with Gasteiger partial charge in [0.15, 0.2) is 0 Å². The minimum atomic E-state index is 0.0192. The average molecular weight is 269 g/mol. The Labute approximate surface area is 116 Å². The molecule has 19 heavy (non-hydrogen) atoms. The lowest BCUT2D eigenvalue weighted by Gasteiger charge is -2.30. The van der Waals surface area contributed by atoms with Crippen molar-refractivity contribution in [1.29, 1.82) is 0 Å². The molecule has 0 saturated carbocycles. The van der Waals surface area contributed by atoms with Crippen molar-refractivity contribution in [1.82, 2.24) is 15.1 Å². The topological polar surface area (TPSA) is 52.7 Å². The van der Waals surface area contributed by atoms with Crippen molar-refractivity contribution < 1.29 is 9.59 Å². The molecule has 0 aromatic carbocycles. The molecular formula is C14H27N3O2. The van der Waals surface area contributed by atoms with Gasteiger partial charge in [-0.15, -0.1) is 0 Å². The second-order valence-corrected chi connectivity index (χ2v) is 5.34. The fourth-order valence-electron chi connectivity index (χ4n) is 2.48. The molecule has 1 rings (SSSR count). The largest absolute Gasteiger partial charge is 0.342 e. The Bertz CT molecular complexity index is 308. The minimum Gasteiger partial charge on any atom is -0.342 e. The highest BCUT2D eigenvalue weighted by molar-refractivity contribution is 5.85. The third-order valence-corrected chi connectivity index (χ3v) is 3.87. The van der Waals surface area contributed by atoms with E-state index in [1.54, 1.807) is 16.8 Å². The number of likely N-dealkylation sites (N-methyl/N-ethyl adjacent to an activating group) is 2. The van der Waals surface area contributed by atoms with Gasteiger partial charge in [0.1, 0.15) is 0 Å².